The van der Waals surface area contributed by atoms with Crippen LogP contribution in [0.4, 0.5) is 0 Å². The Morgan fingerprint density at radius 3 is 2.95 bits per heavy atom. The van der Waals surface area contributed by atoms with Crippen LogP contribution >= 0.6 is 11.6 Å². The fourth-order valence-corrected chi connectivity index (χ4v) is 2.20. The van der Waals surface area contributed by atoms with E-state index in [2.05, 4.69) is 10.1 Å². The van der Waals surface area contributed by atoms with Gasteiger partial charge in [-0.25, -0.2) is 9.50 Å². The molecule has 19 heavy (non-hydrogen) atoms. The van der Waals surface area contributed by atoms with Crippen molar-refractivity contribution in [2.24, 2.45) is 0 Å². The number of ether oxygens (including phenoxy) is 2. The molecule has 1 aromatic carbocycles. The van der Waals surface area contributed by atoms with Gasteiger partial charge in [0.1, 0.15) is 5.15 Å². The topological polar surface area (TPSA) is 48.7 Å². The van der Waals surface area contributed by atoms with E-state index in [1.54, 1.807) is 10.6 Å². The molecule has 3 heterocycles. The lowest BCUT2D eigenvalue weighted by atomic mass is 10.1. The van der Waals surface area contributed by atoms with Crippen LogP contribution in [0.2, 0.25) is 5.15 Å². The van der Waals surface area contributed by atoms with Crippen LogP contribution in [0, 0.1) is 0 Å². The molecule has 0 spiro atoms. The third-order valence-electron chi connectivity index (χ3n) is 2.96. The summed E-state index contributed by atoms with van der Waals surface area (Å²) in [5.74, 6) is 1.49. The van der Waals surface area contributed by atoms with Crippen LogP contribution in [0.5, 0.6) is 11.5 Å². The van der Waals surface area contributed by atoms with Crippen molar-refractivity contribution in [2.45, 2.75) is 0 Å². The molecule has 0 bridgehead atoms. The molecule has 0 amide bonds. The van der Waals surface area contributed by atoms with Crippen LogP contribution in [0.3, 0.4) is 0 Å². The average molecular weight is 274 g/mol. The van der Waals surface area contributed by atoms with Crippen LogP contribution in [0.25, 0.3) is 16.9 Å². The summed E-state index contributed by atoms with van der Waals surface area (Å²) in [6.45, 7) is 0.265. The molecule has 0 fully saturated rings. The van der Waals surface area contributed by atoms with Crippen molar-refractivity contribution in [1.29, 1.82) is 0 Å². The smallest absolute Gasteiger partial charge is 0.231 e. The highest BCUT2D eigenvalue weighted by Gasteiger charge is 2.15. The molecule has 4 rings (SSSR count). The molecule has 0 saturated heterocycles. The average Bonchev–Trinajstić information content (AvgIpc) is 3.02. The van der Waals surface area contributed by atoms with Crippen molar-refractivity contribution >= 4 is 17.2 Å². The maximum atomic E-state index is 5.85. The summed E-state index contributed by atoms with van der Waals surface area (Å²) in [4.78, 5) is 4.50. The Bertz CT molecular complexity index is 785. The summed E-state index contributed by atoms with van der Waals surface area (Å²) < 4.78 is 12.3. The lowest BCUT2D eigenvalue weighted by Gasteiger charge is -1.98. The standard InChI is InChI=1S/C13H8ClN3O2/c14-12-3-4-13-15-9(6-17(13)16-12)8-1-2-10-11(5-8)19-7-18-10/h1-6H,7H2. The molecule has 2 aromatic heterocycles. The lowest BCUT2D eigenvalue weighted by Crippen LogP contribution is -1.92. The van der Waals surface area contributed by atoms with Crippen molar-refractivity contribution in [1.82, 2.24) is 14.6 Å². The molecule has 6 heteroatoms. The normalized spacial score (nSPS) is 13.1. The number of rotatable bonds is 1. The largest absolute Gasteiger partial charge is 0.454 e. The number of benzene rings is 1. The second-order valence-corrected chi connectivity index (χ2v) is 4.54. The van der Waals surface area contributed by atoms with Crippen LogP contribution in [0.15, 0.2) is 36.5 Å². The number of fused-ring (bicyclic) bond motifs is 2. The summed E-state index contributed by atoms with van der Waals surface area (Å²) >= 11 is 5.85. The number of halogens is 1. The number of hydrogen-bond acceptors (Lipinski definition) is 4. The molecule has 0 saturated carbocycles. The van der Waals surface area contributed by atoms with Crippen LogP contribution in [0.1, 0.15) is 0 Å². The minimum absolute atomic E-state index is 0.265. The fourth-order valence-electron chi connectivity index (χ4n) is 2.05. The molecule has 0 aliphatic carbocycles. The van der Waals surface area contributed by atoms with E-state index >= 15 is 0 Å². The van der Waals surface area contributed by atoms with Gasteiger partial charge < -0.3 is 9.47 Å². The Kier molecular flexibility index (Phi) is 2.16. The highest BCUT2D eigenvalue weighted by atomic mass is 35.5. The number of imidazole rings is 1. The zero-order valence-corrected chi connectivity index (χ0v) is 10.5. The van der Waals surface area contributed by atoms with E-state index in [1.807, 2.05) is 30.5 Å². The van der Waals surface area contributed by atoms with Gasteiger partial charge in [-0.15, -0.1) is 0 Å². The second-order valence-electron chi connectivity index (χ2n) is 4.15. The molecule has 3 aromatic rings. The van der Waals surface area contributed by atoms with Gasteiger partial charge in [0.05, 0.1) is 11.9 Å². The van der Waals surface area contributed by atoms with E-state index in [0.29, 0.717) is 5.15 Å². The van der Waals surface area contributed by atoms with Gasteiger partial charge in [0.25, 0.3) is 0 Å². The van der Waals surface area contributed by atoms with E-state index in [0.717, 1.165) is 28.4 Å². The number of aromatic nitrogens is 3. The Labute approximate surface area is 113 Å². The third-order valence-corrected chi connectivity index (χ3v) is 3.16. The van der Waals surface area contributed by atoms with Crippen molar-refractivity contribution in [3.8, 4) is 22.8 Å². The van der Waals surface area contributed by atoms with Crippen LogP contribution < -0.4 is 9.47 Å². The molecular formula is C13H8ClN3O2. The summed E-state index contributed by atoms with van der Waals surface area (Å²) in [6, 6.07) is 9.27. The molecule has 0 atom stereocenters. The molecule has 94 valence electrons. The van der Waals surface area contributed by atoms with Gasteiger partial charge in [-0.3, -0.25) is 0 Å². The Morgan fingerprint density at radius 1 is 1.11 bits per heavy atom. The summed E-state index contributed by atoms with van der Waals surface area (Å²) in [6.07, 6.45) is 1.83. The van der Waals surface area contributed by atoms with Gasteiger partial charge in [0, 0.05) is 5.56 Å². The summed E-state index contributed by atoms with van der Waals surface area (Å²) in [5, 5.41) is 4.59. The molecular weight excluding hydrogens is 266 g/mol. The van der Waals surface area contributed by atoms with E-state index in [9.17, 15) is 0 Å². The second kappa shape index (κ2) is 3.86. The molecule has 0 N–H and O–H groups in total. The van der Waals surface area contributed by atoms with Crippen molar-refractivity contribution in [3.63, 3.8) is 0 Å². The Hall–Kier alpha value is -2.27. The predicted octanol–water partition coefficient (Wildman–Crippen LogP) is 2.78. The summed E-state index contributed by atoms with van der Waals surface area (Å²) in [5.41, 5.74) is 2.51. The minimum Gasteiger partial charge on any atom is -0.454 e. The molecule has 1 aliphatic heterocycles. The minimum atomic E-state index is 0.265. The van der Waals surface area contributed by atoms with Gasteiger partial charge in [-0.1, -0.05) is 11.6 Å². The van der Waals surface area contributed by atoms with Crippen LogP contribution in [-0.4, -0.2) is 21.4 Å². The molecule has 5 nitrogen and oxygen atoms in total. The zero-order valence-electron chi connectivity index (χ0n) is 9.71. The predicted molar refractivity (Wildman–Crippen MR) is 69.6 cm³/mol. The van der Waals surface area contributed by atoms with E-state index in [-0.39, 0.29) is 6.79 Å². The highest BCUT2D eigenvalue weighted by molar-refractivity contribution is 6.29. The number of hydrogen-bond donors (Lipinski definition) is 0. The molecule has 1 aliphatic rings. The highest BCUT2D eigenvalue weighted by Crippen LogP contribution is 2.35. The Balaban J connectivity index is 1.85. The van der Waals surface area contributed by atoms with Gasteiger partial charge in [0.15, 0.2) is 17.1 Å². The maximum Gasteiger partial charge on any atom is 0.231 e. The van der Waals surface area contributed by atoms with Gasteiger partial charge in [-0.2, -0.15) is 5.10 Å². The molecule has 0 radical (unpaired) electrons. The summed E-state index contributed by atoms with van der Waals surface area (Å²) in [7, 11) is 0. The van der Waals surface area contributed by atoms with Crippen molar-refractivity contribution < 1.29 is 9.47 Å². The first-order chi connectivity index (χ1) is 9.29. The maximum absolute atomic E-state index is 5.85. The first-order valence-electron chi connectivity index (χ1n) is 5.71. The van der Waals surface area contributed by atoms with Gasteiger partial charge in [-0.05, 0) is 30.3 Å². The first-order valence-corrected chi connectivity index (χ1v) is 6.09. The van der Waals surface area contributed by atoms with E-state index < -0.39 is 0 Å². The third kappa shape index (κ3) is 1.70. The van der Waals surface area contributed by atoms with Crippen molar-refractivity contribution in [3.05, 3.63) is 41.7 Å². The Morgan fingerprint density at radius 2 is 2.00 bits per heavy atom. The lowest BCUT2D eigenvalue weighted by molar-refractivity contribution is 0.174. The van der Waals surface area contributed by atoms with E-state index in [1.165, 1.54) is 0 Å². The van der Waals surface area contributed by atoms with Gasteiger partial charge in [0.2, 0.25) is 6.79 Å². The fraction of sp³-hybridized carbons (Fsp3) is 0.0769. The van der Waals surface area contributed by atoms with Crippen molar-refractivity contribution in [2.75, 3.05) is 6.79 Å². The zero-order chi connectivity index (χ0) is 12.8. The number of nitrogens with zero attached hydrogens (tertiary/aromatic N) is 3. The molecule has 0 unspecified atom stereocenters. The van der Waals surface area contributed by atoms with Crippen LogP contribution in [-0.2, 0) is 0 Å². The van der Waals surface area contributed by atoms with E-state index in [4.69, 9.17) is 21.1 Å². The monoisotopic (exact) mass is 273 g/mol. The van der Waals surface area contributed by atoms with Gasteiger partial charge >= 0.3 is 0 Å². The SMILES string of the molecule is Clc1ccc2nc(-c3ccc4c(c3)OCO4)cn2n1. The quantitative estimate of drug-likeness (QED) is 0.684. The first kappa shape index (κ1) is 10.6.